The molecule has 1 unspecified atom stereocenters. The topological polar surface area (TPSA) is 85.1 Å². The van der Waals surface area contributed by atoms with Gasteiger partial charge < -0.3 is 19.3 Å². The molecule has 2 aliphatic heterocycles. The normalized spacial score (nSPS) is 16.4. The molecule has 9 nitrogen and oxygen atoms in total. The molecule has 0 aliphatic carbocycles. The molecule has 0 spiro atoms. The second-order valence-corrected chi connectivity index (χ2v) is 8.58. The van der Waals surface area contributed by atoms with Crippen LogP contribution < -0.4 is 14.4 Å². The van der Waals surface area contributed by atoms with Crippen LogP contribution in [-0.4, -0.2) is 63.4 Å². The van der Waals surface area contributed by atoms with Crippen LogP contribution in [0.4, 0.5) is 5.95 Å². The maximum Gasteiger partial charge on any atom is 0.254 e. The highest BCUT2D eigenvalue weighted by Crippen LogP contribution is 2.35. The van der Waals surface area contributed by atoms with Gasteiger partial charge in [-0.3, -0.25) is 4.79 Å². The minimum atomic E-state index is 0.137. The third-order valence-electron chi connectivity index (χ3n) is 6.52. The van der Waals surface area contributed by atoms with Gasteiger partial charge in [0.05, 0.1) is 5.69 Å². The Kier molecular flexibility index (Phi) is 6.02. The first-order valence-electron chi connectivity index (χ1n) is 11.8. The molecule has 2 aromatic heterocycles. The van der Waals surface area contributed by atoms with Crippen molar-refractivity contribution in [2.75, 3.05) is 37.9 Å². The Labute approximate surface area is 193 Å². The van der Waals surface area contributed by atoms with E-state index in [4.69, 9.17) is 14.6 Å². The van der Waals surface area contributed by atoms with Crippen molar-refractivity contribution in [3.63, 3.8) is 0 Å². The molecule has 2 aliphatic rings. The van der Waals surface area contributed by atoms with Crippen LogP contribution in [0.15, 0.2) is 30.5 Å². The van der Waals surface area contributed by atoms with E-state index in [0.29, 0.717) is 43.8 Å². The Balaban J connectivity index is 1.32. The zero-order chi connectivity index (χ0) is 22.8. The highest BCUT2D eigenvalue weighted by Gasteiger charge is 2.28. The molecule has 9 heteroatoms. The Bertz CT molecular complexity index is 1140. The zero-order valence-corrected chi connectivity index (χ0v) is 19.2. The summed E-state index contributed by atoms with van der Waals surface area (Å²) in [5, 5.41) is 4.76. The summed E-state index contributed by atoms with van der Waals surface area (Å²) < 4.78 is 12.7. The number of nitrogens with zero attached hydrogens (tertiary/aromatic N) is 6. The van der Waals surface area contributed by atoms with Gasteiger partial charge in [0.2, 0.25) is 18.6 Å². The summed E-state index contributed by atoms with van der Waals surface area (Å²) in [6, 6.07) is 7.76. The van der Waals surface area contributed by atoms with Crippen molar-refractivity contribution < 1.29 is 14.3 Å². The van der Waals surface area contributed by atoms with E-state index in [-0.39, 0.29) is 12.7 Å². The first kappa shape index (κ1) is 21.5. The van der Waals surface area contributed by atoms with Crippen molar-refractivity contribution in [1.29, 1.82) is 0 Å². The quantitative estimate of drug-likeness (QED) is 0.545. The molecular formula is C24H30N6O3. The van der Waals surface area contributed by atoms with E-state index in [1.54, 1.807) is 10.7 Å². The molecule has 1 saturated heterocycles. The van der Waals surface area contributed by atoms with Crippen molar-refractivity contribution in [3.8, 4) is 22.8 Å². The highest BCUT2D eigenvalue weighted by atomic mass is 16.7. The number of piperazine rings is 1. The molecule has 1 amide bonds. The average Bonchev–Trinajstić information content (AvgIpc) is 3.51. The number of ether oxygens (including phenoxy) is 2. The number of hydrogen-bond donors (Lipinski definition) is 0. The smallest absolute Gasteiger partial charge is 0.254 e. The predicted molar refractivity (Wildman–Crippen MR) is 124 cm³/mol. The predicted octanol–water partition coefficient (Wildman–Crippen LogP) is 3.39. The van der Waals surface area contributed by atoms with Crippen LogP contribution in [0.2, 0.25) is 0 Å². The average molecular weight is 451 g/mol. The fourth-order valence-corrected chi connectivity index (χ4v) is 4.53. The molecule has 1 aromatic carbocycles. The van der Waals surface area contributed by atoms with E-state index in [0.717, 1.165) is 48.4 Å². The van der Waals surface area contributed by atoms with Crippen molar-refractivity contribution in [2.45, 2.75) is 39.5 Å². The van der Waals surface area contributed by atoms with E-state index >= 15 is 0 Å². The number of rotatable bonds is 7. The van der Waals surface area contributed by atoms with Crippen LogP contribution >= 0.6 is 0 Å². The number of carbonyl (C=O) groups is 1. The lowest BCUT2D eigenvalue weighted by molar-refractivity contribution is -0.136. The van der Waals surface area contributed by atoms with Gasteiger partial charge in [-0.1, -0.05) is 26.7 Å². The minimum Gasteiger partial charge on any atom is -0.454 e. The maximum atomic E-state index is 12.9. The van der Waals surface area contributed by atoms with Crippen LogP contribution in [-0.2, 0) is 4.79 Å². The molecule has 33 heavy (non-hydrogen) atoms. The number of carbonyl (C=O) groups excluding carboxylic acids is 1. The third kappa shape index (κ3) is 4.19. The van der Waals surface area contributed by atoms with Crippen LogP contribution in [0.25, 0.3) is 17.0 Å². The maximum absolute atomic E-state index is 12.9. The Morgan fingerprint density at radius 2 is 1.91 bits per heavy atom. The van der Waals surface area contributed by atoms with Crippen LogP contribution in [0.1, 0.15) is 39.5 Å². The number of unbranched alkanes of at least 4 members (excludes halogenated alkanes) is 1. The van der Waals surface area contributed by atoms with Gasteiger partial charge in [0.1, 0.15) is 0 Å². The number of aromatic nitrogens is 4. The molecule has 4 heterocycles. The molecule has 174 valence electrons. The van der Waals surface area contributed by atoms with Crippen molar-refractivity contribution in [1.82, 2.24) is 24.5 Å². The fourth-order valence-electron chi connectivity index (χ4n) is 4.53. The first-order chi connectivity index (χ1) is 16.2. The number of fused-ring (bicyclic) bond motifs is 2. The fraction of sp³-hybridized carbons (Fsp3) is 0.500. The van der Waals surface area contributed by atoms with Gasteiger partial charge in [0.15, 0.2) is 11.5 Å². The van der Waals surface area contributed by atoms with Crippen molar-refractivity contribution >= 4 is 17.6 Å². The zero-order valence-electron chi connectivity index (χ0n) is 19.2. The number of anilines is 1. The van der Waals surface area contributed by atoms with Gasteiger partial charge in [0.25, 0.3) is 5.78 Å². The molecule has 5 rings (SSSR count). The molecule has 0 radical (unpaired) electrons. The summed E-state index contributed by atoms with van der Waals surface area (Å²) in [5.74, 6) is 3.09. The van der Waals surface area contributed by atoms with Gasteiger partial charge in [-0.25, -0.2) is 4.98 Å². The standard InChI is InChI=1S/C24H30N6O3/c1-3-5-6-17(4-2)22(31)28-11-13-29(14-12-28)24-26-23-25-10-9-19(30(23)27-24)18-7-8-20-21(15-18)33-16-32-20/h7-10,15,17H,3-6,11-14,16H2,1-2H3. The largest absolute Gasteiger partial charge is 0.454 e. The van der Waals surface area contributed by atoms with Gasteiger partial charge in [-0.15, -0.1) is 5.10 Å². The lowest BCUT2D eigenvalue weighted by Gasteiger charge is -2.35. The number of hydrogen-bond acceptors (Lipinski definition) is 7. The van der Waals surface area contributed by atoms with Gasteiger partial charge >= 0.3 is 0 Å². The van der Waals surface area contributed by atoms with Crippen molar-refractivity contribution in [2.24, 2.45) is 5.92 Å². The monoisotopic (exact) mass is 450 g/mol. The lowest BCUT2D eigenvalue weighted by Crippen LogP contribution is -2.50. The molecule has 0 bridgehead atoms. The highest BCUT2D eigenvalue weighted by molar-refractivity contribution is 5.79. The minimum absolute atomic E-state index is 0.137. The summed E-state index contributed by atoms with van der Waals surface area (Å²) in [6.07, 6.45) is 5.86. The van der Waals surface area contributed by atoms with Gasteiger partial charge in [-0.05, 0) is 37.1 Å². The Hall–Kier alpha value is -3.36. The van der Waals surface area contributed by atoms with Crippen LogP contribution in [0, 0.1) is 5.92 Å². The third-order valence-corrected chi connectivity index (χ3v) is 6.52. The molecule has 1 atom stereocenters. The second kappa shape index (κ2) is 9.25. The summed E-state index contributed by atoms with van der Waals surface area (Å²) >= 11 is 0. The Morgan fingerprint density at radius 1 is 1.09 bits per heavy atom. The molecule has 0 saturated carbocycles. The Morgan fingerprint density at radius 3 is 2.70 bits per heavy atom. The van der Waals surface area contributed by atoms with Gasteiger partial charge in [-0.2, -0.15) is 9.50 Å². The molecule has 0 N–H and O–H groups in total. The van der Waals surface area contributed by atoms with Gasteiger partial charge in [0, 0.05) is 43.9 Å². The van der Waals surface area contributed by atoms with Crippen LogP contribution in [0.5, 0.6) is 11.5 Å². The summed E-state index contributed by atoms with van der Waals surface area (Å²) in [5.41, 5.74) is 1.84. The van der Waals surface area contributed by atoms with Crippen molar-refractivity contribution in [3.05, 3.63) is 30.5 Å². The van der Waals surface area contributed by atoms with E-state index in [1.165, 1.54) is 0 Å². The molecule has 1 fully saturated rings. The summed E-state index contributed by atoms with van der Waals surface area (Å²) in [6.45, 7) is 7.34. The second-order valence-electron chi connectivity index (χ2n) is 8.58. The van der Waals surface area contributed by atoms with E-state index in [9.17, 15) is 4.79 Å². The molecule has 3 aromatic rings. The molecular weight excluding hydrogens is 420 g/mol. The first-order valence-corrected chi connectivity index (χ1v) is 11.8. The summed E-state index contributed by atoms with van der Waals surface area (Å²) in [7, 11) is 0. The number of benzene rings is 1. The van der Waals surface area contributed by atoms with E-state index in [1.807, 2.05) is 29.2 Å². The summed E-state index contributed by atoms with van der Waals surface area (Å²) in [4.78, 5) is 26.2. The van der Waals surface area contributed by atoms with E-state index < -0.39 is 0 Å². The SMILES string of the molecule is CCCCC(CC)C(=O)N1CCN(c2nc3nccc(-c4ccc5c(c4)OCO5)n3n2)CC1. The van der Waals surface area contributed by atoms with Crippen LogP contribution in [0.3, 0.4) is 0 Å². The van der Waals surface area contributed by atoms with E-state index in [2.05, 4.69) is 28.7 Å². The lowest BCUT2D eigenvalue weighted by atomic mass is 9.97. The number of amides is 1.